The first-order valence-electron chi connectivity index (χ1n) is 6.15. The number of rotatable bonds is 0. The van der Waals surface area contributed by atoms with Crippen molar-refractivity contribution in [3.63, 3.8) is 0 Å². The molecule has 4 nitrogen and oxygen atoms in total. The van der Waals surface area contributed by atoms with E-state index in [2.05, 4.69) is 5.32 Å². The molecule has 18 heavy (non-hydrogen) atoms. The predicted molar refractivity (Wildman–Crippen MR) is 69.9 cm³/mol. The van der Waals surface area contributed by atoms with E-state index in [9.17, 15) is 9.18 Å². The number of hydrogen-bond donors (Lipinski definition) is 1. The molecule has 0 aromatic carbocycles. The lowest BCUT2D eigenvalue weighted by Gasteiger charge is -2.53. The van der Waals surface area contributed by atoms with Gasteiger partial charge in [-0.2, -0.15) is 0 Å². The van der Waals surface area contributed by atoms with E-state index >= 15 is 0 Å². The van der Waals surface area contributed by atoms with E-state index in [0.717, 1.165) is 13.0 Å². The number of amides is 1. The van der Waals surface area contributed by atoms with E-state index < -0.39 is 11.8 Å². The Kier molecular flexibility index (Phi) is 4.49. The number of hydrogen-bond acceptors (Lipinski definition) is 3. The highest BCUT2D eigenvalue weighted by Gasteiger charge is 2.52. The molecule has 2 fully saturated rings. The molecular formula is C12H22ClFN2O2. The van der Waals surface area contributed by atoms with E-state index in [4.69, 9.17) is 4.74 Å². The van der Waals surface area contributed by atoms with Crippen LogP contribution in [0.1, 0.15) is 27.2 Å². The van der Waals surface area contributed by atoms with Gasteiger partial charge < -0.3 is 15.0 Å². The standard InChI is InChI=1S/C12H21FN2O2.ClH/c1-11(2,3)17-10(16)15-7-12(8-15)4-5-14-6-9(12)13;/h9,14H,4-8H2,1-3H3;1H. The Morgan fingerprint density at radius 1 is 1.44 bits per heavy atom. The van der Waals surface area contributed by atoms with Crippen molar-refractivity contribution in [2.45, 2.75) is 39.0 Å². The van der Waals surface area contributed by atoms with E-state index in [1.165, 1.54) is 0 Å². The largest absolute Gasteiger partial charge is 0.444 e. The lowest BCUT2D eigenvalue weighted by Crippen LogP contribution is -2.67. The summed E-state index contributed by atoms with van der Waals surface area (Å²) in [6.07, 6.45) is -0.378. The van der Waals surface area contributed by atoms with Gasteiger partial charge in [0.2, 0.25) is 0 Å². The van der Waals surface area contributed by atoms with E-state index in [0.29, 0.717) is 19.6 Å². The van der Waals surface area contributed by atoms with Crippen LogP contribution in [0, 0.1) is 5.41 Å². The fraction of sp³-hybridized carbons (Fsp3) is 0.917. The molecule has 1 N–H and O–H groups in total. The van der Waals surface area contributed by atoms with Gasteiger partial charge in [0.25, 0.3) is 0 Å². The van der Waals surface area contributed by atoms with Crippen molar-refractivity contribution in [2.24, 2.45) is 5.41 Å². The van der Waals surface area contributed by atoms with Crippen LogP contribution in [-0.4, -0.2) is 48.9 Å². The number of piperidine rings is 1. The Morgan fingerprint density at radius 3 is 2.56 bits per heavy atom. The highest BCUT2D eigenvalue weighted by Crippen LogP contribution is 2.40. The van der Waals surface area contributed by atoms with Gasteiger partial charge >= 0.3 is 6.09 Å². The van der Waals surface area contributed by atoms with Crippen LogP contribution in [0.2, 0.25) is 0 Å². The van der Waals surface area contributed by atoms with Gasteiger partial charge in [0.1, 0.15) is 11.8 Å². The Hall–Kier alpha value is -0.550. The smallest absolute Gasteiger partial charge is 0.410 e. The van der Waals surface area contributed by atoms with Crippen molar-refractivity contribution in [1.82, 2.24) is 10.2 Å². The number of nitrogens with one attached hydrogen (secondary N) is 1. The van der Waals surface area contributed by atoms with Gasteiger partial charge in [-0.15, -0.1) is 12.4 Å². The first-order chi connectivity index (χ1) is 7.82. The molecule has 2 aliphatic rings. The fourth-order valence-electron chi connectivity index (χ4n) is 2.46. The molecule has 1 amide bonds. The summed E-state index contributed by atoms with van der Waals surface area (Å²) in [7, 11) is 0. The molecule has 1 unspecified atom stereocenters. The van der Waals surface area contributed by atoms with Gasteiger partial charge in [-0.1, -0.05) is 0 Å². The third kappa shape index (κ3) is 3.06. The van der Waals surface area contributed by atoms with Crippen LogP contribution in [0.5, 0.6) is 0 Å². The molecule has 106 valence electrons. The first-order valence-corrected chi connectivity index (χ1v) is 6.15. The van der Waals surface area contributed by atoms with Crippen LogP contribution in [0.3, 0.4) is 0 Å². The highest BCUT2D eigenvalue weighted by molar-refractivity contribution is 5.85. The van der Waals surface area contributed by atoms with Gasteiger partial charge in [0.05, 0.1) is 0 Å². The zero-order valence-corrected chi connectivity index (χ0v) is 12.0. The lowest BCUT2D eigenvalue weighted by molar-refractivity contribution is -0.0806. The van der Waals surface area contributed by atoms with Crippen LogP contribution < -0.4 is 5.32 Å². The zero-order valence-electron chi connectivity index (χ0n) is 11.2. The van der Waals surface area contributed by atoms with Crippen molar-refractivity contribution < 1.29 is 13.9 Å². The molecule has 0 aliphatic carbocycles. The topological polar surface area (TPSA) is 41.6 Å². The monoisotopic (exact) mass is 280 g/mol. The van der Waals surface area contributed by atoms with E-state index in [1.807, 2.05) is 20.8 Å². The molecule has 2 heterocycles. The molecule has 0 bridgehead atoms. The van der Waals surface area contributed by atoms with E-state index in [1.54, 1.807) is 4.90 Å². The maximum atomic E-state index is 13.8. The maximum absolute atomic E-state index is 13.8. The van der Waals surface area contributed by atoms with Crippen LogP contribution in [0.15, 0.2) is 0 Å². The molecule has 1 atom stereocenters. The minimum atomic E-state index is -0.852. The third-order valence-corrected chi connectivity index (χ3v) is 3.45. The number of halogens is 2. The summed E-state index contributed by atoms with van der Waals surface area (Å²) in [6.45, 7) is 7.73. The average molecular weight is 281 g/mol. The second kappa shape index (κ2) is 5.21. The maximum Gasteiger partial charge on any atom is 0.410 e. The molecule has 0 aromatic rings. The number of nitrogens with zero attached hydrogens (tertiary/aromatic N) is 1. The van der Waals surface area contributed by atoms with Crippen molar-refractivity contribution >= 4 is 18.5 Å². The van der Waals surface area contributed by atoms with Crippen molar-refractivity contribution in [3.05, 3.63) is 0 Å². The molecule has 2 saturated heterocycles. The Bertz CT molecular complexity index is 314. The van der Waals surface area contributed by atoms with Gasteiger partial charge in [-0.3, -0.25) is 0 Å². The summed E-state index contributed by atoms with van der Waals surface area (Å²) in [6, 6.07) is 0. The number of carbonyl (C=O) groups excluding carboxylic acids is 1. The van der Waals surface area contributed by atoms with Crippen LogP contribution in [-0.2, 0) is 4.74 Å². The molecule has 0 radical (unpaired) electrons. The summed E-state index contributed by atoms with van der Waals surface area (Å²) < 4.78 is 19.1. The Morgan fingerprint density at radius 2 is 2.06 bits per heavy atom. The molecule has 6 heteroatoms. The summed E-state index contributed by atoms with van der Waals surface area (Å²) in [5.41, 5.74) is -0.800. The normalized spacial score (nSPS) is 26.2. The molecule has 0 saturated carbocycles. The fourth-order valence-corrected chi connectivity index (χ4v) is 2.46. The third-order valence-electron chi connectivity index (χ3n) is 3.45. The highest BCUT2D eigenvalue weighted by atomic mass is 35.5. The summed E-state index contributed by atoms with van der Waals surface area (Å²) >= 11 is 0. The number of alkyl halides is 1. The van der Waals surface area contributed by atoms with Crippen molar-refractivity contribution in [2.75, 3.05) is 26.2 Å². The minimum absolute atomic E-state index is 0. The average Bonchev–Trinajstić information content (AvgIpc) is 2.12. The second-order valence-corrected chi connectivity index (χ2v) is 6.12. The van der Waals surface area contributed by atoms with Gasteiger partial charge in [0.15, 0.2) is 0 Å². The first kappa shape index (κ1) is 15.5. The summed E-state index contributed by atoms with van der Waals surface area (Å²) in [5, 5.41) is 3.03. The quantitative estimate of drug-likeness (QED) is 0.738. The van der Waals surface area contributed by atoms with Crippen LogP contribution >= 0.6 is 12.4 Å². The molecule has 1 spiro atoms. The molecule has 2 aliphatic heterocycles. The molecular weight excluding hydrogens is 259 g/mol. The SMILES string of the molecule is CC(C)(C)OC(=O)N1CC2(CCNCC2F)C1.Cl. The summed E-state index contributed by atoms with van der Waals surface area (Å²) in [5.74, 6) is 0. The lowest BCUT2D eigenvalue weighted by atomic mass is 9.71. The van der Waals surface area contributed by atoms with Crippen molar-refractivity contribution in [1.29, 1.82) is 0 Å². The summed E-state index contributed by atoms with van der Waals surface area (Å²) in [4.78, 5) is 13.3. The van der Waals surface area contributed by atoms with Crippen LogP contribution in [0.4, 0.5) is 9.18 Å². The Balaban J connectivity index is 0.00000162. The van der Waals surface area contributed by atoms with Crippen LogP contribution in [0.25, 0.3) is 0 Å². The number of ether oxygens (including phenoxy) is 1. The Labute approximate surface area is 114 Å². The van der Waals surface area contributed by atoms with Crippen molar-refractivity contribution in [3.8, 4) is 0 Å². The van der Waals surface area contributed by atoms with Gasteiger partial charge in [-0.25, -0.2) is 9.18 Å². The predicted octanol–water partition coefficient (Wildman–Crippen LogP) is 1.98. The number of carbonyl (C=O) groups is 1. The molecule has 2 rings (SSSR count). The number of likely N-dealkylation sites (tertiary alicyclic amines) is 1. The van der Waals surface area contributed by atoms with Gasteiger partial charge in [0, 0.05) is 25.0 Å². The second-order valence-electron chi connectivity index (χ2n) is 6.12. The minimum Gasteiger partial charge on any atom is -0.444 e. The zero-order chi connectivity index (χ0) is 12.7. The van der Waals surface area contributed by atoms with Gasteiger partial charge in [-0.05, 0) is 33.7 Å². The molecule has 0 aromatic heterocycles. The van der Waals surface area contributed by atoms with E-state index in [-0.39, 0.29) is 23.9 Å².